The lowest BCUT2D eigenvalue weighted by molar-refractivity contribution is 0.168. The third-order valence-corrected chi connectivity index (χ3v) is 3.13. The molecule has 20 heavy (non-hydrogen) atoms. The average molecular weight is 271 g/mol. The lowest BCUT2D eigenvalue weighted by atomic mass is 9.97. The molecule has 0 aliphatic rings. The van der Waals surface area contributed by atoms with Crippen LogP contribution in [0.25, 0.3) is 0 Å². The molecule has 1 atom stereocenters. The van der Waals surface area contributed by atoms with E-state index in [1.54, 1.807) is 12.1 Å². The number of benzene rings is 2. The zero-order valence-corrected chi connectivity index (χ0v) is 11.5. The van der Waals surface area contributed by atoms with E-state index in [0.717, 1.165) is 16.7 Å². The highest BCUT2D eigenvalue weighted by molar-refractivity contribution is 5.68. The first kappa shape index (κ1) is 13.9. The van der Waals surface area contributed by atoms with Crippen molar-refractivity contribution in [3.8, 4) is 5.75 Å². The van der Waals surface area contributed by atoms with E-state index in [1.807, 2.05) is 43.3 Å². The van der Waals surface area contributed by atoms with Gasteiger partial charge in [-0.1, -0.05) is 36.4 Å². The Morgan fingerprint density at radius 3 is 2.45 bits per heavy atom. The van der Waals surface area contributed by atoms with Crippen molar-refractivity contribution in [3.63, 3.8) is 0 Å². The Morgan fingerprint density at radius 2 is 1.85 bits per heavy atom. The minimum absolute atomic E-state index is 0.235. The van der Waals surface area contributed by atoms with Gasteiger partial charge >= 0.3 is 6.09 Å². The number of rotatable bonds is 3. The number of alkyl carbamates (subject to hydrolysis) is 1. The average Bonchev–Trinajstić information content (AvgIpc) is 2.48. The predicted molar refractivity (Wildman–Crippen MR) is 76.7 cm³/mol. The first-order chi connectivity index (χ1) is 9.61. The number of aryl methyl sites for hydroxylation is 1. The highest BCUT2D eigenvalue weighted by atomic mass is 16.5. The topological polar surface area (TPSA) is 58.6 Å². The summed E-state index contributed by atoms with van der Waals surface area (Å²) in [4.78, 5) is 11.5. The third kappa shape index (κ3) is 3.09. The molecule has 2 N–H and O–H groups in total. The van der Waals surface area contributed by atoms with Crippen LogP contribution in [0.4, 0.5) is 4.79 Å². The summed E-state index contributed by atoms with van der Waals surface area (Å²) in [6, 6.07) is 14.6. The Balaban J connectivity index is 2.40. The summed E-state index contributed by atoms with van der Waals surface area (Å²) in [5.41, 5.74) is 2.59. The van der Waals surface area contributed by atoms with Gasteiger partial charge in [-0.15, -0.1) is 0 Å². The van der Waals surface area contributed by atoms with Crippen LogP contribution in [0.1, 0.15) is 22.7 Å². The first-order valence-electron chi connectivity index (χ1n) is 6.30. The predicted octanol–water partition coefficient (Wildman–Crippen LogP) is 3.15. The lowest BCUT2D eigenvalue weighted by Gasteiger charge is -2.19. The van der Waals surface area contributed by atoms with Crippen LogP contribution in [0.3, 0.4) is 0 Å². The maximum Gasteiger partial charge on any atom is 0.407 e. The molecular formula is C16H17NO3. The summed E-state index contributed by atoms with van der Waals surface area (Å²) in [5, 5.41) is 12.4. The van der Waals surface area contributed by atoms with Crippen molar-refractivity contribution in [2.45, 2.75) is 13.0 Å². The standard InChI is InChI=1S/C16H17NO3/c1-11-10-13(8-9-14(11)18)15(17-16(19)20-2)12-6-4-3-5-7-12/h3-10,15,18H,1-2H3,(H,17,19)/t15-/m0/s1. The second kappa shape index (κ2) is 6.10. The molecule has 0 aromatic heterocycles. The van der Waals surface area contributed by atoms with Gasteiger partial charge in [0, 0.05) is 0 Å². The smallest absolute Gasteiger partial charge is 0.407 e. The van der Waals surface area contributed by atoms with E-state index in [1.165, 1.54) is 7.11 Å². The number of phenolic OH excluding ortho intramolecular Hbond substituents is 1. The summed E-state index contributed by atoms with van der Waals surface area (Å²) in [6.45, 7) is 1.82. The van der Waals surface area contributed by atoms with E-state index in [4.69, 9.17) is 0 Å². The minimum Gasteiger partial charge on any atom is -0.508 e. The Kier molecular flexibility index (Phi) is 4.25. The molecule has 0 aliphatic heterocycles. The fraction of sp³-hybridized carbons (Fsp3) is 0.188. The molecule has 0 heterocycles. The summed E-state index contributed by atoms with van der Waals surface area (Å²) in [7, 11) is 1.33. The van der Waals surface area contributed by atoms with E-state index in [9.17, 15) is 9.90 Å². The molecular weight excluding hydrogens is 254 g/mol. The maximum absolute atomic E-state index is 11.5. The Labute approximate surface area is 118 Å². The zero-order chi connectivity index (χ0) is 14.5. The molecule has 4 nitrogen and oxygen atoms in total. The van der Waals surface area contributed by atoms with Crippen LogP contribution in [0.2, 0.25) is 0 Å². The van der Waals surface area contributed by atoms with Crippen molar-refractivity contribution < 1.29 is 14.6 Å². The van der Waals surface area contributed by atoms with Crippen molar-refractivity contribution in [3.05, 3.63) is 65.2 Å². The van der Waals surface area contributed by atoms with Gasteiger partial charge in [-0.25, -0.2) is 4.79 Å². The van der Waals surface area contributed by atoms with Crippen LogP contribution >= 0.6 is 0 Å². The minimum atomic E-state index is -0.496. The van der Waals surface area contributed by atoms with E-state index in [2.05, 4.69) is 10.1 Å². The molecule has 0 fully saturated rings. The van der Waals surface area contributed by atoms with Crippen molar-refractivity contribution in [1.82, 2.24) is 5.32 Å². The van der Waals surface area contributed by atoms with E-state index in [0.29, 0.717) is 0 Å². The number of carbonyl (C=O) groups is 1. The van der Waals surface area contributed by atoms with Gasteiger partial charge in [0.15, 0.2) is 0 Å². The van der Waals surface area contributed by atoms with Crippen LogP contribution in [-0.2, 0) is 4.74 Å². The highest BCUT2D eigenvalue weighted by Gasteiger charge is 2.17. The molecule has 0 aliphatic carbocycles. The van der Waals surface area contributed by atoms with Gasteiger partial charge in [0.25, 0.3) is 0 Å². The number of aromatic hydroxyl groups is 1. The molecule has 0 unspecified atom stereocenters. The largest absolute Gasteiger partial charge is 0.508 e. The van der Waals surface area contributed by atoms with Gasteiger partial charge in [0.2, 0.25) is 0 Å². The lowest BCUT2D eigenvalue weighted by Crippen LogP contribution is -2.29. The van der Waals surface area contributed by atoms with Gasteiger partial charge in [-0.2, -0.15) is 0 Å². The van der Waals surface area contributed by atoms with Crippen LogP contribution in [-0.4, -0.2) is 18.3 Å². The molecule has 0 bridgehead atoms. The van der Waals surface area contributed by atoms with Gasteiger partial charge in [0.05, 0.1) is 13.2 Å². The number of ether oxygens (including phenoxy) is 1. The van der Waals surface area contributed by atoms with E-state index in [-0.39, 0.29) is 11.8 Å². The number of phenols is 1. The Morgan fingerprint density at radius 1 is 1.15 bits per heavy atom. The quantitative estimate of drug-likeness (QED) is 0.901. The number of nitrogens with one attached hydrogen (secondary N) is 1. The van der Waals surface area contributed by atoms with Crippen LogP contribution < -0.4 is 5.32 Å². The molecule has 4 heteroatoms. The third-order valence-electron chi connectivity index (χ3n) is 3.13. The zero-order valence-electron chi connectivity index (χ0n) is 11.5. The number of carbonyl (C=O) groups excluding carboxylic acids is 1. The summed E-state index contributed by atoms with van der Waals surface area (Å²) < 4.78 is 4.68. The highest BCUT2D eigenvalue weighted by Crippen LogP contribution is 2.26. The SMILES string of the molecule is COC(=O)N[C@@H](c1ccccc1)c1ccc(O)c(C)c1. The van der Waals surface area contributed by atoms with Crippen LogP contribution in [0.15, 0.2) is 48.5 Å². The molecule has 0 saturated carbocycles. The molecule has 104 valence electrons. The number of amides is 1. The number of methoxy groups -OCH3 is 1. The van der Waals surface area contributed by atoms with Gasteiger partial charge in [-0.05, 0) is 35.7 Å². The van der Waals surface area contributed by atoms with Crippen LogP contribution in [0, 0.1) is 6.92 Å². The fourth-order valence-electron chi connectivity index (χ4n) is 2.04. The molecule has 2 aromatic rings. The van der Waals surface area contributed by atoms with Gasteiger partial charge in [0.1, 0.15) is 5.75 Å². The summed E-state index contributed by atoms with van der Waals surface area (Å²) in [6.07, 6.45) is -0.496. The van der Waals surface area contributed by atoms with Crippen LogP contribution in [0.5, 0.6) is 5.75 Å². The second-order valence-electron chi connectivity index (χ2n) is 4.53. The van der Waals surface area contributed by atoms with Crippen molar-refractivity contribution >= 4 is 6.09 Å². The van der Waals surface area contributed by atoms with Crippen molar-refractivity contribution in [2.24, 2.45) is 0 Å². The first-order valence-corrected chi connectivity index (χ1v) is 6.30. The van der Waals surface area contributed by atoms with Gasteiger partial charge < -0.3 is 15.2 Å². The normalized spacial score (nSPS) is 11.7. The summed E-state index contributed by atoms with van der Waals surface area (Å²) in [5.74, 6) is 0.235. The van der Waals surface area contributed by atoms with Gasteiger partial charge in [-0.3, -0.25) is 0 Å². The Bertz CT molecular complexity index is 596. The van der Waals surface area contributed by atoms with E-state index >= 15 is 0 Å². The molecule has 1 amide bonds. The molecule has 0 spiro atoms. The number of hydrogen-bond acceptors (Lipinski definition) is 3. The molecule has 2 aromatic carbocycles. The van der Waals surface area contributed by atoms with Crippen molar-refractivity contribution in [2.75, 3.05) is 7.11 Å². The number of hydrogen-bond donors (Lipinski definition) is 2. The molecule has 2 rings (SSSR count). The summed E-state index contributed by atoms with van der Waals surface area (Å²) >= 11 is 0. The van der Waals surface area contributed by atoms with Crippen molar-refractivity contribution in [1.29, 1.82) is 0 Å². The monoisotopic (exact) mass is 271 g/mol. The second-order valence-corrected chi connectivity index (χ2v) is 4.53. The fourth-order valence-corrected chi connectivity index (χ4v) is 2.04. The maximum atomic E-state index is 11.5. The van der Waals surface area contributed by atoms with E-state index < -0.39 is 6.09 Å². The Hall–Kier alpha value is -2.49. The molecule has 0 radical (unpaired) electrons. The molecule has 0 saturated heterocycles.